The average molecular weight is 473 g/mol. The molecular weight excluding hydrogens is 451 g/mol. The van der Waals surface area contributed by atoms with Gasteiger partial charge in [-0.2, -0.15) is 13.2 Å². The summed E-state index contributed by atoms with van der Waals surface area (Å²) in [6, 6.07) is 12.1. The molecule has 4 rings (SSSR count). The van der Waals surface area contributed by atoms with Crippen molar-refractivity contribution in [2.45, 2.75) is 25.1 Å². The van der Waals surface area contributed by atoms with Crippen molar-refractivity contribution in [1.29, 1.82) is 0 Å². The van der Waals surface area contributed by atoms with Gasteiger partial charge in [-0.15, -0.1) is 0 Å². The summed E-state index contributed by atoms with van der Waals surface area (Å²) in [5, 5.41) is 7.44. The lowest BCUT2D eigenvalue weighted by molar-refractivity contribution is -0.136. The number of halogens is 3. The van der Waals surface area contributed by atoms with E-state index in [9.17, 15) is 22.8 Å². The normalized spacial score (nSPS) is 14.2. The number of carbonyl (C=O) groups is 2. The zero-order valence-corrected chi connectivity index (χ0v) is 18.1. The summed E-state index contributed by atoms with van der Waals surface area (Å²) in [5.74, 6) is 0.139. The molecule has 2 aromatic carbocycles. The van der Waals surface area contributed by atoms with Crippen molar-refractivity contribution < 1.29 is 31.9 Å². The predicted octanol–water partition coefficient (Wildman–Crippen LogP) is 5.83. The molecule has 0 spiro atoms. The number of nitrogens with one attached hydrogen (secondary N) is 3. The Balaban J connectivity index is 1.50. The molecule has 1 heterocycles. The largest absolute Gasteiger partial charge is 0.497 e. The maximum absolute atomic E-state index is 13.7. The number of anilines is 2. The Labute approximate surface area is 193 Å². The molecule has 1 saturated carbocycles. The summed E-state index contributed by atoms with van der Waals surface area (Å²) in [6.45, 7) is 0. The number of carbonyl (C=O) groups excluding carboxylic acids is 2. The molecule has 7 nitrogen and oxygen atoms in total. The van der Waals surface area contributed by atoms with E-state index in [0.29, 0.717) is 5.75 Å². The van der Waals surface area contributed by atoms with Crippen LogP contribution in [0.3, 0.4) is 0 Å². The van der Waals surface area contributed by atoms with Crippen molar-refractivity contribution in [2.75, 3.05) is 17.7 Å². The lowest BCUT2D eigenvalue weighted by Crippen LogP contribution is -2.34. The Bertz CT molecular complexity index is 1160. The number of methoxy groups -OCH3 is 1. The molecule has 1 atom stereocenters. The van der Waals surface area contributed by atoms with Gasteiger partial charge < -0.3 is 25.1 Å². The van der Waals surface area contributed by atoms with Crippen LogP contribution < -0.4 is 20.7 Å². The van der Waals surface area contributed by atoms with E-state index in [1.807, 2.05) is 12.1 Å². The number of rotatable bonds is 7. The Kier molecular flexibility index (Phi) is 6.49. The molecule has 0 saturated heterocycles. The summed E-state index contributed by atoms with van der Waals surface area (Å²) in [7, 11) is 1.55. The third kappa shape index (κ3) is 5.51. The molecule has 3 amide bonds. The Morgan fingerprint density at radius 1 is 1.06 bits per heavy atom. The third-order valence-corrected chi connectivity index (χ3v) is 5.43. The second-order valence-electron chi connectivity index (χ2n) is 7.88. The zero-order chi connectivity index (χ0) is 24.3. The quantitative estimate of drug-likeness (QED) is 0.402. The SMILES string of the molecule is COc1ccc(C(NC(=O)Nc2ccc(NC(=O)c3ccco3)cc2C(F)(F)F)C2CC2)cc1. The summed E-state index contributed by atoms with van der Waals surface area (Å²) >= 11 is 0. The molecule has 3 N–H and O–H groups in total. The van der Waals surface area contributed by atoms with Gasteiger partial charge in [0.1, 0.15) is 5.75 Å². The van der Waals surface area contributed by atoms with E-state index >= 15 is 0 Å². The molecule has 178 valence electrons. The molecule has 3 aromatic rings. The van der Waals surface area contributed by atoms with Crippen LogP contribution in [-0.4, -0.2) is 19.0 Å². The van der Waals surface area contributed by atoms with E-state index in [-0.39, 0.29) is 23.4 Å². The summed E-state index contributed by atoms with van der Waals surface area (Å²) in [6.07, 6.45) is -1.66. The van der Waals surface area contributed by atoms with Gasteiger partial charge >= 0.3 is 12.2 Å². The van der Waals surface area contributed by atoms with E-state index in [0.717, 1.165) is 30.5 Å². The minimum Gasteiger partial charge on any atom is -0.497 e. The topological polar surface area (TPSA) is 92.6 Å². The van der Waals surface area contributed by atoms with Crippen LogP contribution in [0.1, 0.15) is 40.6 Å². The molecular formula is C24H22F3N3O4. The summed E-state index contributed by atoms with van der Waals surface area (Å²) < 4.78 is 51.2. The molecule has 1 aliphatic carbocycles. The smallest absolute Gasteiger partial charge is 0.418 e. The zero-order valence-electron chi connectivity index (χ0n) is 18.1. The van der Waals surface area contributed by atoms with Gasteiger partial charge in [-0.25, -0.2) is 4.79 Å². The molecule has 1 aliphatic rings. The fourth-order valence-corrected chi connectivity index (χ4v) is 3.58. The van der Waals surface area contributed by atoms with Crippen molar-refractivity contribution in [3.8, 4) is 5.75 Å². The van der Waals surface area contributed by atoms with E-state index in [1.54, 1.807) is 19.2 Å². The first-order valence-electron chi connectivity index (χ1n) is 10.5. The number of alkyl halides is 3. The first-order valence-corrected chi connectivity index (χ1v) is 10.5. The average Bonchev–Trinajstić information content (AvgIpc) is 3.50. The van der Waals surface area contributed by atoms with Gasteiger partial charge in [0, 0.05) is 5.69 Å². The van der Waals surface area contributed by atoms with Crippen molar-refractivity contribution >= 4 is 23.3 Å². The molecule has 34 heavy (non-hydrogen) atoms. The molecule has 1 fully saturated rings. The Hall–Kier alpha value is -3.95. The lowest BCUT2D eigenvalue weighted by atomic mass is 10.0. The predicted molar refractivity (Wildman–Crippen MR) is 119 cm³/mol. The van der Waals surface area contributed by atoms with Crippen LogP contribution in [0, 0.1) is 5.92 Å². The van der Waals surface area contributed by atoms with Gasteiger partial charge in [-0.1, -0.05) is 12.1 Å². The highest BCUT2D eigenvalue weighted by Gasteiger charge is 2.36. The monoisotopic (exact) mass is 473 g/mol. The van der Waals surface area contributed by atoms with Crippen LogP contribution in [0.5, 0.6) is 5.75 Å². The van der Waals surface area contributed by atoms with Gasteiger partial charge in [0.15, 0.2) is 5.76 Å². The van der Waals surface area contributed by atoms with E-state index in [2.05, 4.69) is 16.0 Å². The summed E-state index contributed by atoms with van der Waals surface area (Å²) in [5.41, 5.74) is -0.767. The van der Waals surface area contributed by atoms with Crippen molar-refractivity contribution in [3.63, 3.8) is 0 Å². The van der Waals surface area contributed by atoms with Crippen LogP contribution in [0.2, 0.25) is 0 Å². The standard InChI is InChI=1S/C24H22F3N3O4/c1-33-17-9-6-15(7-10-17)21(14-4-5-14)30-23(32)29-19-11-8-16(13-18(19)24(25,26)27)28-22(31)20-3-2-12-34-20/h2-3,6-14,21H,4-5H2,1H3,(H,28,31)(H2,29,30,32). The van der Waals surface area contributed by atoms with E-state index in [1.165, 1.54) is 24.5 Å². The van der Waals surface area contributed by atoms with Crippen LogP contribution >= 0.6 is 0 Å². The number of ether oxygens (including phenoxy) is 1. The number of amides is 3. The maximum Gasteiger partial charge on any atom is 0.418 e. The molecule has 10 heteroatoms. The second-order valence-corrected chi connectivity index (χ2v) is 7.88. The van der Waals surface area contributed by atoms with Crippen molar-refractivity contribution in [3.05, 3.63) is 77.7 Å². The lowest BCUT2D eigenvalue weighted by Gasteiger charge is -2.21. The molecule has 1 aromatic heterocycles. The van der Waals surface area contributed by atoms with Gasteiger partial charge in [0.05, 0.1) is 30.7 Å². The van der Waals surface area contributed by atoms with Gasteiger partial charge in [0.2, 0.25) is 0 Å². The number of benzene rings is 2. The first-order chi connectivity index (χ1) is 16.2. The third-order valence-electron chi connectivity index (χ3n) is 5.43. The van der Waals surface area contributed by atoms with Crippen molar-refractivity contribution in [2.24, 2.45) is 5.92 Å². The number of urea groups is 1. The van der Waals surface area contributed by atoms with Crippen molar-refractivity contribution in [1.82, 2.24) is 5.32 Å². The second kappa shape index (κ2) is 9.50. The Morgan fingerprint density at radius 2 is 1.79 bits per heavy atom. The highest BCUT2D eigenvalue weighted by Crippen LogP contribution is 2.41. The maximum atomic E-state index is 13.7. The van der Waals surface area contributed by atoms with Gasteiger partial charge in [-0.3, -0.25) is 4.79 Å². The molecule has 0 aliphatic heterocycles. The Morgan fingerprint density at radius 3 is 2.38 bits per heavy atom. The van der Waals surface area contributed by atoms with Crippen LogP contribution in [-0.2, 0) is 6.18 Å². The molecule has 0 bridgehead atoms. The molecule has 0 radical (unpaired) electrons. The number of hydrogen-bond donors (Lipinski definition) is 3. The van der Waals surface area contributed by atoms with Gasteiger partial charge in [0.25, 0.3) is 5.91 Å². The highest BCUT2D eigenvalue weighted by molar-refractivity contribution is 6.02. The minimum absolute atomic E-state index is 0.0419. The minimum atomic E-state index is -4.76. The summed E-state index contributed by atoms with van der Waals surface area (Å²) in [4.78, 5) is 24.7. The number of hydrogen-bond acceptors (Lipinski definition) is 4. The fraction of sp³-hybridized carbons (Fsp3) is 0.250. The number of furan rings is 1. The highest BCUT2D eigenvalue weighted by atomic mass is 19.4. The molecule has 1 unspecified atom stereocenters. The van der Waals surface area contributed by atoms with Crippen LogP contribution in [0.25, 0.3) is 0 Å². The fourth-order valence-electron chi connectivity index (χ4n) is 3.58. The van der Waals surface area contributed by atoms with Gasteiger partial charge in [-0.05, 0) is 66.8 Å². The van der Waals surface area contributed by atoms with E-state index < -0.39 is 29.4 Å². The van der Waals surface area contributed by atoms with E-state index in [4.69, 9.17) is 9.15 Å². The first kappa shape index (κ1) is 23.2. The van der Waals surface area contributed by atoms with Crippen LogP contribution in [0.15, 0.2) is 65.3 Å². The van der Waals surface area contributed by atoms with Crippen LogP contribution in [0.4, 0.5) is 29.3 Å².